The van der Waals surface area contributed by atoms with Crippen LogP contribution in [0.2, 0.25) is 0 Å². The van der Waals surface area contributed by atoms with Crippen LogP contribution in [0.4, 0.5) is 5.69 Å². The van der Waals surface area contributed by atoms with Crippen LogP contribution < -0.4 is 4.90 Å². The second-order valence-electron chi connectivity index (χ2n) is 13.7. The van der Waals surface area contributed by atoms with Crippen LogP contribution >= 0.6 is 0 Å². The third kappa shape index (κ3) is 5.06. The normalized spacial score (nSPS) is 28.7. The Kier molecular flexibility index (Phi) is 9.04. The van der Waals surface area contributed by atoms with Gasteiger partial charge in [-0.2, -0.15) is 0 Å². The molecule has 48 heavy (non-hydrogen) atoms. The molecule has 8 atom stereocenters. The van der Waals surface area contributed by atoms with Gasteiger partial charge in [0.15, 0.2) is 0 Å². The molecule has 0 radical (unpaired) electrons. The zero-order valence-electron chi connectivity index (χ0n) is 28.2. The summed E-state index contributed by atoms with van der Waals surface area (Å²) >= 11 is 0. The maximum atomic E-state index is 15.1. The first-order valence-corrected chi connectivity index (χ1v) is 16.9. The summed E-state index contributed by atoms with van der Waals surface area (Å²) in [5.74, 6) is -2.98. The molecule has 6 rings (SSSR count). The number of hydrogen-bond donors (Lipinski definition) is 1. The average molecular weight is 655 g/mol. The largest absolute Gasteiger partial charge is 0.394 e. The summed E-state index contributed by atoms with van der Waals surface area (Å²) < 4.78 is 8.69. The van der Waals surface area contributed by atoms with E-state index in [4.69, 9.17) is 4.74 Å². The van der Waals surface area contributed by atoms with Crippen LogP contribution in [0.5, 0.6) is 0 Å². The van der Waals surface area contributed by atoms with Crippen LogP contribution in [0.3, 0.4) is 0 Å². The SMILES string of the molecule is C=CCN(Cn1nnc2ccccc21)C(=O)C1N([C@@H](CO)[C@@H](C)CC)C(=O)[C@@H]2[C@H](C(=O)N(CC=C)c3ccccc3)[C@@]3(C)OC12CC3C. The summed E-state index contributed by atoms with van der Waals surface area (Å²) in [6.07, 6.45) is 4.40. The van der Waals surface area contributed by atoms with Crippen LogP contribution in [0, 0.1) is 23.7 Å². The topological polar surface area (TPSA) is 121 Å². The van der Waals surface area contributed by atoms with Crippen molar-refractivity contribution in [3.63, 3.8) is 0 Å². The number of likely N-dealkylation sites (tertiary alicyclic amines) is 1. The molecular weight excluding hydrogens is 608 g/mol. The van der Waals surface area contributed by atoms with Gasteiger partial charge in [-0.05, 0) is 49.4 Å². The first kappa shape index (κ1) is 33.5. The monoisotopic (exact) mass is 654 g/mol. The van der Waals surface area contributed by atoms with Crippen molar-refractivity contribution in [1.82, 2.24) is 24.8 Å². The molecule has 1 N–H and O–H groups in total. The minimum absolute atomic E-state index is 0.0636. The van der Waals surface area contributed by atoms with E-state index in [1.807, 2.05) is 82.3 Å². The second-order valence-corrected chi connectivity index (χ2v) is 13.7. The van der Waals surface area contributed by atoms with Crippen LogP contribution in [0.25, 0.3) is 11.0 Å². The predicted octanol–water partition coefficient (Wildman–Crippen LogP) is 4.04. The molecule has 1 aromatic heterocycles. The standard InChI is InChI=1S/C37H46N6O5/c1-7-19-40(23-42-28-18-14-13-17-27(28)38-39-42)35(47)32-37-21-25(5)36(6,48-37)30(31(37)34(46)43(32)29(22-44)24(4)9-3)33(45)41(20-8-2)26-15-11-10-12-16-26/h7-8,10-18,24-25,29-32,44H,1-2,9,19-23H2,3-6H3/t24-,25?,29-,30+,31-,32?,36-,37?/m0/s1. The lowest BCUT2D eigenvalue weighted by Gasteiger charge is -2.41. The van der Waals surface area contributed by atoms with Crippen molar-refractivity contribution in [2.45, 2.75) is 70.5 Å². The molecule has 3 aromatic rings. The van der Waals surface area contributed by atoms with Gasteiger partial charge in [0.05, 0.1) is 35.6 Å². The molecule has 254 valence electrons. The van der Waals surface area contributed by atoms with E-state index >= 15 is 4.79 Å². The Hall–Kier alpha value is -4.35. The van der Waals surface area contributed by atoms with E-state index in [1.54, 1.807) is 31.5 Å². The molecule has 11 nitrogen and oxygen atoms in total. The first-order chi connectivity index (χ1) is 23.1. The zero-order valence-corrected chi connectivity index (χ0v) is 28.2. The van der Waals surface area contributed by atoms with Gasteiger partial charge in [-0.15, -0.1) is 18.3 Å². The number of carbonyl (C=O) groups is 3. The Morgan fingerprint density at radius 1 is 1.10 bits per heavy atom. The van der Waals surface area contributed by atoms with E-state index in [0.29, 0.717) is 24.0 Å². The molecule has 3 aliphatic rings. The minimum Gasteiger partial charge on any atom is -0.394 e. The lowest BCUT2D eigenvalue weighted by molar-refractivity contribution is -0.157. The third-order valence-electron chi connectivity index (χ3n) is 11.1. The molecule has 2 aromatic carbocycles. The van der Waals surface area contributed by atoms with Crippen molar-refractivity contribution in [2.24, 2.45) is 23.7 Å². The average Bonchev–Trinajstić information content (AvgIpc) is 3.77. The molecule has 3 fully saturated rings. The van der Waals surface area contributed by atoms with Gasteiger partial charge in [0.2, 0.25) is 17.7 Å². The Morgan fingerprint density at radius 3 is 2.46 bits per heavy atom. The number of carbonyl (C=O) groups excluding carboxylic acids is 3. The number of hydrogen-bond acceptors (Lipinski definition) is 7. The lowest BCUT2D eigenvalue weighted by atomic mass is 9.62. The van der Waals surface area contributed by atoms with Crippen molar-refractivity contribution in [3.05, 3.63) is 79.9 Å². The molecule has 3 aliphatic heterocycles. The number of ether oxygens (including phenoxy) is 1. The van der Waals surface area contributed by atoms with Gasteiger partial charge >= 0.3 is 0 Å². The molecule has 0 aliphatic carbocycles. The van der Waals surface area contributed by atoms with Gasteiger partial charge < -0.3 is 24.5 Å². The fourth-order valence-corrected chi connectivity index (χ4v) is 8.46. The molecule has 4 heterocycles. The summed E-state index contributed by atoms with van der Waals surface area (Å²) in [5, 5.41) is 19.4. The van der Waals surface area contributed by atoms with E-state index < -0.39 is 35.1 Å². The Labute approximate surface area is 281 Å². The summed E-state index contributed by atoms with van der Waals surface area (Å²) in [4.78, 5) is 49.7. The number of rotatable bonds is 13. The highest BCUT2D eigenvalue weighted by Crippen LogP contribution is 2.66. The van der Waals surface area contributed by atoms with Gasteiger partial charge in [0, 0.05) is 18.8 Å². The van der Waals surface area contributed by atoms with Gasteiger partial charge in [0.1, 0.15) is 23.8 Å². The molecule has 1 spiro atoms. The fraction of sp³-hybridized carbons (Fsp3) is 0.486. The molecule has 0 saturated carbocycles. The van der Waals surface area contributed by atoms with Crippen LogP contribution in [-0.4, -0.2) is 90.6 Å². The number of aliphatic hydroxyl groups is 1. The highest BCUT2D eigenvalue weighted by molar-refractivity contribution is 6.03. The fourth-order valence-electron chi connectivity index (χ4n) is 8.46. The van der Waals surface area contributed by atoms with Crippen LogP contribution in [-0.2, 0) is 25.8 Å². The zero-order chi connectivity index (χ0) is 34.4. The van der Waals surface area contributed by atoms with E-state index in [0.717, 1.165) is 5.52 Å². The van der Waals surface area contributed by atoms with Gasteiger partial charge in [0.25, 0.3) is 0 Å². The summed E-state index contributed by atoms with van der Waals surface area (Å²) in [5.41, 5.74) is -0.150. The van der Waals surface area contributed by atoms with E-state index in [2.05, 4.69) is 23.5 Å². The first-order valence-electron chi connectivity index (χ1n) is 16.9. The number of para-hydroxylation sites is 2. The number of fused-ring (bicyclic) bond motifs is 2. The highest BCUT2D eigenvalue weighted by Gasteiger charge is 2.80. The minimum atomic E-state index is -1.29. The number of benzene rings is 2. The number of aromatic nitrogens is 3. The summed E-state index contributed by atoms with van der Waals surface area (Å²) in [7, 11) is 0. The van der Waals surface area contributed by atoms with Crippen LogP contribution in [0.15, 0.2) is 79.9 Å². The predicted molar refractivity (Wildman–Crippen MR) is 182 cm³/mol. The third-order valence-corrected chi connectivity index (χ3v) is 11.1. The Balaban J connectivity index is 1.47. The van der Waals surface area contributed by atoms with Crippen molar-refractivity contribution in [3.8, 4) is 0 Å². The van der Waals surface area contributed by atoms with E-state index in [9.17, 15) is 14.7 Å². The highest BCUT2D eigenvalue weighted by atomic mass is 16.5. The van der Waals surface area contributed by atoms with Gasteiger partial charge in [-0.1, -0.05) is 74.9 Å². The van der Waals surface area contributed by atoms with Crippen molar-refractivity contribution in [2.75, 3.05) is 24.6 Å². The lowest BCUT2D eigenvalue weighted by Crippen LogP contribution is -2.60. The van der Waals surface area contributed by atoms with E-state index in [-0.39, 0.29) is 55.9 Å². The van der Waals surface area contributed by atoms with Crippen molar-refractivity contribution >= 4 is 34.4 Å². The summed E-state index contributed by atoms with van der Waals surface area (Å²) in [6, 6.07) is 15.1. The van der Waals surface area contributed by atoms with E-state index in [1.165, 1.54) is 0 Å². The van der Waals surface area contributed by atoms with Gasteiger partial charge in [-0.3, -0.25) is 14.4 Å². The molecular formula is C37H46N6O5. The van der Waals surface area contributed by atoms with Crippen LogP contribution in [0.1, 0.15) is 40.5 Å². The number of nitrogens with zero attached hydrogens (tertiary/aromatic N) is 6. The molecule has 3 saturated heterocycles. The number of anilines is 1. The Morgan fingerprint density at radius 2 is 1.79 bits per heavy atom. The smallest absolute Gasteiger partial charge is 0.250 e. The molecule has 11 heteroatoms. The quantitative estimate of drug-likeness (QED) is 0.276. The number of aliphatic hydroxyl groups excluding tert-OH is 1. The molecule has 2 bridgehead atoms. The maximum Gasteiger partial charge on any atom is 0.250 e. The van der Waals surface area contributed by atoms with Crippen molar-refractivity contribution in [1.29, 1.82) is 0 Å². The second kappa shape index (κ2) is 12.9. The molecule has 3 unspecified atom stereocenters. The number of amides is 3. The van der Waals surface area contributed by atoms with Crippen molar-refractivity contribution < 1.29 is 24.2 Å². The maximum absolute atomic E-state index is 15.1. The molecule has 3 amide bonds. The van der Waals surface area contributed by atoms with Gasteiger partial charge in [-0.25, -0.2) is 4.68 Å². The summed E-state index contributed by atoms with van der Waals surface area (Å²) in [6.45, 7) is 15.9. The Bertz CT molecular complexity index is 1710.